The maximum absolute atomic E-state index is 12.5. The normalized spacial score (nSPS) is 13.0. The van der Waals surface area contributed by atoms with Gasteiger partial charge in [0.05, 0.1) is 18.7 Å². The maximum Gasteiger partial charge on any atom is 0.310 e. The van der Waals surface area contributed by atoms with Crippen LogP contribution >= 0.6 is 0 Å². The molecule has 0 bridgehead atoms. The van der Waals surface area contributed by atoms with Gasteiger partial charge in [-0.2, -0.15) is 5.10 Å². The molecule has 1 unspecified atom stereocenters. The standard InChI is InChI=1S/C22H22N2O4/c1-3-28-20(26)15-16-8-7-9-17(14-16)22(2,27)21-19(25)12-13-24(23-21)18-10-5-4-6-11-18/h4-14,27H,3,15H2,1-2H3. The molecule has 1 aromatic heterocycles. The van der Waals surface area contributed by atoms with Gasteiger partial charge in [-0.05, 0) is 37.1 Å². The summed E-state index contributed by atoms with van der Waals surface area (Å²) in [5, 5.41) is 15.6. The Labute approximate surface area is 163 Å². The van der Waals surface area contributed by atoms with E-state index in [2.05, 4.69) is 5.10 Å². The van der Waals surface area contributed by atoms with Crippen LogP contribution in [0, 0.1) is 0 Å². The first-order valence-electron chi connectivity index (χ1n) is 9.05. The van der Waals surface area contributed by atoms with Crippen LogP contribution in [0.1, 0.15) is 30.7 Å². The van der Waals surface area contributed by atoms with E-state index in [0.717, 1.165) is 5.69 Å². The van der Waals surface area contributed by atoms with Gasteiger partial charge < -0.3 is 9.84 Å². The van der Waals surface area contributed by atoms with Crippen molar-refractivity contribution in [2.45, 2.75) is 25.9 Å². The summed E-state index contributed by atoms with van der Waals surface area (Å²) in [6.07, 6.45) is 1.66. The second kappa shape index (κ2) is 8.19. The summed E-state index contributed by atoms with van der Waals surface area (Å²) in [6, 6.07) is 17.6. The molecule has 2 aromatic carbocycles. The fourth-order valence-corrected chi connectivity index (χ4v) is 2.97. The van der Waals surface area contributed by atoms with E-state index in [1.54, 1.807) is 42.1 Å². The molecule has 1 N–H and O–H groups in total. The van der Waals surface area contributed by atoms with Gasteiger partial charge in [-0.15, -0.1) is 0 Å². The van der Waals surface area contributed by atoms with E-state index >= 15 is 0 Å². The summed E-state index contributed by atoms with van der Waals surface area (Å²) >= 11 is 0. The Morgan fingerprint density at radius 3 is 2.61 bits per heavy atom. The lowest BCUT2D eigenvalue weighted by atomic mass is 9.90. The van der Waals surface area contributed by atoms with Gasteiger partial charge in [-0.1, -0.05) is 42.5 Å². The van der Waals surface area contributed by atoms with E-state index in [1.165, 1.54) is 13.0 Å². The molecule has 3 rings (SSSR count). The lowest BCUT2D eigenvalue weighted by Crippen LogP contribution is -2.33. The Balaban J connectivity index is 1.99. The quantitative estimate of drug-likeness (QED) is 0.667. The minimum Gasteiger partial charge on any atom is -0.466 e. The van der Waals surface area contributed by atoms with Crippen molar-refractivity contribution in [3.63, 3.8) is 0 Å². The maximum atomic E-state index is 12.5. The van der Waals surface area contributed by atoms with Crippen molar-refractivity contribution < 1.29 is 14.6 Å². The molecule has 0 aliphatic rings. The van der Waals surface area contributed by atoms with Crippen LogP contribution in [0.2, 0.25) is 0 Å². The van der Waals surface area contributed by atoms with Crippen molar-refractivity contribution >= 4 is 5.97 Å². The van der Waals surface area contributed by atoms with Gasteiger partial charge in [0.15, 0.2) is 0 Å². The van der Waals surface area contributed by atoms with Gasteiger partial charge in [0, 0.05) is 12.3 Å². The number of carbonyl (C=O) groups is 1. The van der Waals surface area contributed by atoms with E-state index in [1.807, 2.05) is 30.3 Å². The van der Waals surface area contributed by atoms with E-state index in [-0.39, 0.29) is 23.5 Å². The van der Waals surface area contributed by atoms with Gasteiger partial charge in [0.25, 0.3) is 0 Å². The number of benzene rings is 2. The Kier molecular flexibility index (Phi) is 5.70. The zero-order chi connectivity index (χ0) is 20.1. The molecule has 0 amide bonds. The van der Waals surface area contributed by atoms with Gasteiger partial charge in [-0.25, -0.2) is 4.68 Å². The molecule has 6 nitrogen and oxygen atoms in total. The highest BCUT2D eigenvalue weighted by atomic mass is 16.5. The fraction of sp³-hybridized carbons (Fsp3) is 0.227. The van der Waals surface area contributed by atoms with Crippen LogP contribution in [0.15, 0.2) is 71.7 Å². The molecule has 1 heterocycles. The lowest BCUT2D eigenvalue weighted by Gasteiger charge is -2.24. The van der Waals surface area contributed by atoms with Gasteiger partial charge in [0.2, 0.25) is 5.43 Å². The molecule has 0 spiro atoms. The summed E-state index contributed by atoms with van der Waals surface area (Å²) in [5.41, 5.74) is -0.0458. The van der Waals surface area contributed by atoms with Crippen molar-refractivity contribution in [2.75, 3.05) is 6.61 Å². The Bertz CT molecular complexity index is 1030. The summed E-state index contributed by atoms with van der Waals surface area (Å²) in [6.45, 7) is 3.58. The number of nitrogens with zero attached hydrogens (tertiary/aromatic N) is 2. The molecule has 0 fully saturated rings. The number of hydrogen-bond donors (Lipinski definition) is 1. The second-order valence-electron chi connectivity index (χ2n) is 6.56. The number of esters is 1. The van der Waals surface area contributed by atoms with Crippen LogP contribution < -0.4 is 5.43 Å². The lowest BCUT2D eigenvalue weighted by molar-refractivity contribution is -0.142. The molecule has 0 aliphatic carbocycles. The number of carbonyl (C=O) groups excluding carboxylic acids is 1. The zero-order valence-electron chi connectivity index (χ0n) is 15.8. The van der Waals surface area contributed by atoms with Gasteiger partial charge in [0.1, 0.15) is 11.3 Å². The first-order chi connectivity index (χ1) is 13.4. The van der Waals surface area contributed by atoms with Crippen molar-refractivity contribution in [3.05, 3.63) is 93.9 Å². The Morgan fingerprint density at radius 2 is 1.89 bits per heavy atom. The van der Waals surface area contributed by atoms with E-state index in [4.69, 9.17) is 4.74 Å². The summed E-state index contributed by atoms with van der Waals surface area (Å²) < 4.78 is 6.52. The van der Waals surface area contributed by atoms with Crippen LogP contribution in [-0.4, -0.2) is 27.5 Å². The highest BCUT2D eigenvalue weighted by Gasteiger charge is 2.31. The van der Waals surface area contributed by atoms with Crippen molar-refractivity contribution in [1.82, 2.24) is 9.78 Å². The molecule has 6 heteroatoms. The number of ether oxygens (including phenoxy) is 1. The third kappa shape index (κ3) is 4.18. The molecule has 28 heavy (non-hydrogen) atoms. The van der Waals surface area contributed by atoms with Crippen LogP contribution in [0.5, 0.6) is 0 Å². The molecule has 1 atom stereocenters. The van der Waals surface area contributed by atoms with Crippen molar-refractivity contribution in [2.24, 2.45) is 0 Å². The zero-order valence-corrected chi connectivity index (χ0v) is 15.8. The highest BCUT2D eigenvalue weighted by Crippen LogP contribution is 2.26. The summed E-state index contributed by atoms with van der Waals surface area (Å²) in [5.74, 6) is -0.344. The molecule has 0 saturated heterocycles. The first-order valence-corrected chi connectivity index (χ1v) is 9.05. The Hall–Kier alpha value is -3.25. The predicted molar refractivity (Wildman–Crippen MR) is 105 cm³/mol. The van der Waals surface area contributed by atoms with Gasteiger partial charge >= 0.3 is 5.97 Å². The van der Waals surface area contributed by atoms with E-state index in [9.17, 15) is 14.7 Å². The highest BCUT2D eigenvalue weighted by molar-refractivity contribution is 5.72. The van der Waals surface area contributed by atoms with Crippen LogP contribution in [0.4, 0.5) is 0 Å². The number of aliphatic hydroxyl groups is 1. The minimum absolute atomic E-state index is 0.00661. The molecule has 0 saturated carbocycles. The van der Waals surface area contributed by atoms with E-state index in [0.29, 0.717) is 17.7 Å². The molecular formula is C22H22N2O4. The predicted octanol–water partition coefficient (Wildman–Crippen LogP) is 2.59. The van der Waals surface area contributed by atoms with Crippen LogP contribution in [-0.2, 0) is 21.6 Å². The van der Waals surface area contributed by atoms with Crippen molar-refractivity contribution in [3.8, 4) is 5.69 Å². The Morgan fingerprint density at radius 1 is 1.14 bits per heavy atom. The topological polar surface area (TPSA) is 81.4 Å². The third-order valence-electron chi connectivity index (χ3n) is 4.43. The fourth-order valence-electron chi connectivity index (χ4n) is 2.97. The van der Waals surface area contributed by atoms with Crippen molar-refractivity contribution in [1.29, 1.82) is 0 Å². The summed E-state index contributed by atoms with van der Waals surface area (Å²) in [7, 11) is 0. The monoisotopic (exact) mass is 378 g/mol. The molecule has 144 valence electrons. The molecular weight excluding hydrogens is 356 g/mol. The SMILES string of the molecule is CCOC(=O)Cc1cccc(C(C)(O)c2nn(-c3ccccc3)ccc2=O)c1. The number of aromatic nitrogens is 2. The minimum atomic E-state index is -1.63. The van der Waals surface area contributed by atoms with Crippen LogP contribution in [0.3, 0.4) is 0 Å². The number of para-hydroxylation sites is 1. The average Bonchev–Trinajstić information content (AvgIpc) is 2.69. The third-order valence-corrected chi connectivity index (χ3v) is 4.43. The van der Waals surface area contributed by atoms with Crippen LogP contribution in [0.25, 0.3) is 5.69 Å². The molecule has 0 radical (unpaired) electrons. The number of hydrogen-bond acceptors (Lipinski definition) is 5. The molecule has 3 aromatic rings. The second-order valence-corrected chi connectivity index (χ2v) is 6.56. The average molecular weight is 378 g/mol. The smallest absolute Gasteiger partial charge is 0.310 e. The first kappa shape index (κ1) is 19.5. The largest absolute Gasteiger partial charge is 0.466 e. The summed E-state index contributed by atoms with van der Waals surface area (Å²) in [4.78, 5) is 24.2. The van der Waals surface area contributed by atoms with E-state index < -0.39 is 5.60 Å². The van der Waals surface area contributed by atoms with Gasteiger partial charge in [-0.3, -0.25) is 9.59 Å². The molecule has 0 aliphatic heterocycles. The number of rotatable bonds is 6.